The topological polar surface area (TPSA) is 79.8 Å². The fourth-order valence-electron chi connectivity index (χ4n) is 3.00. The zero-order valence-electron chi connectivity index (χ0n) is 13.3. The van der Waals surface area contributed by atoms with Crippen LogP contribution in [0.1, 0.15) is 15.9 Å². The van der Waals surface area contributed by atoms with Crippen molar-refractivity contribution in [3.63, 3.8) is 0 Å². The summed E-state index contributed by atoms with van der Waals surface area (Å²) in [5.41, 5.74) is 1.68. The summed E-state index contributed by atoms with van der Waals surface area (Å²) in [6, 6.07) is 18.2. The molecule has 0 aliphatic carbocycles. The number of quaternary nitrogens is 1. The Balaban J connectivity index is 1.66. The zero-order valence-corrected chi connectivity index (χ0v) is 14.1. The number of carbonyl (C=O) groups excluding carboxylic acids is 1. The molecule has 0 spiro atoms. The first kappa shape index (κ1) is 16.7. The maximum Gasteiger partial charge on any atom is 0.251 e. The number of benzene rings is 2. The minimum atomic E-state index is -3.12. The van der Waals surface area contributed by atoms with Crippen LogP contribution in [0.5, 0.6) is 0 Å². The highest BCUT2D eigenvalue weighted by atomic mass is 32.2. The van der Waals surface area contributed by atoms with Crippen LogP contribution in [0, 0.1) is 0 Å². The lowest BCUT2D eigenvalue weighted by Gasteiger charge is -2.18. The molecule has 0 unspecified atom stereocenters. The molecule has 0 bridgehead atoms. The molecule has 0 radical (unpaired) electrons. The third-order valence-corrected chi connectivity index (χ3v) is 6.01. The average molecular weight is 345 g/mol. The second kappa shape index (κ2) is 7.15. The predicted octanol–water partition coefficient (Wildman–Crippen LogP) is 0.346. The Morgan fingerprint density at radius 2 is 1.62 bits per heavy atom. The summed E-state index contributed by atoms with van der Waals surface area (Å²) in [5, 5.41) is 4.90. The number of carbonyl (C=O) groups is 1. The minimum absolute atomic E-state index is 0.00152. The van der Waals surface area contributed by atoms with Crippen LogP contribution in [-0.4, -0.2) is 37.9 Å². The van der Waals surface area contributed by atoms with E-state index in [0.717, 1.165) is 5.56 Å². The normalized spacial score (nSPS) is 22.2. The van der Waals surface area contributed by atoms with Gasteiger partial charge in [0, 0.05) is 11.1 Å². The van der Waals surface area contributed by atoms with E-state index < -0.39 is 9.84 Å². The standard InChI is InChI=1S/C18H20N2O3S/c21-18(15-9-5-2-6-10-15)20-17-13-24(22,23)12-16(17)19-11-14-7-3-1-4-8-14/h1-10,16-17,19H,11-13H2,(H,20,21)/p+1/t16-,17+/m0/s1. The average Bonchev–Trinajstić information content (AvgIpc) is 2.88. The number of amides is 1. The van der Waals surface area contributed by atoms with E-state index in [1.165, 1.54) is 0 Å². The Kier molecular flexibility index (Phi) is 4.97. The van der Waals surface area contributed by atoms with Gasteiger partial charge in [-0.1, -0.05) is 48.5 Å². The Hall–Kier alpha value is -2.18. The van der Waals surface area contributed by atoms with Crippen LogP contribution < -0.4 is 10.6 Å². The Morgan fingerprint density at radius 3 is 2.29 bits per heavy atom. The van der Waals surface area contributed by atoms with E-state index in [0.29, 0.717) is 12.1 Å². The molecule has 1 fully saturated rings. The molecule has 6 heteroatoms. The van der Waals surface area contributed by atoms with Crippen LogP contribution >= 0.6 is 0 Å². The molecule has 5 nitrogen and oxygen atoms in total. The minimum Gasteiger partial charge on any atom is -0.342 e. The molecule has 3 rings (SSSR count). The molecule has 2 aromatic carbocycles. The highest BCUT2D eigenvalue weighted by Gasteiger charge is 2.41. The molecule has 1 saturated heterocycles. The summed E-state index contributed by atoms with van der Waals surface area (Å²) in [6.07, 6.45) is 0. The zero-order chi connectivity index (χ0) is 17.0. The summed E-state index contributed by atoms with van der Waals surface area (Å²) in [4.78, 5) is 12.3. The van der Waals surface area contributed by atoms with Crippen LogP contribution in [-0.2, 0) is 16.4 Å². The molecule has 1 aliphatic rings. The number of nitrogens with two attached hydrogens (primary N) is 1. The van der Waals surface area contributed by atoms with Crippen molar-refractivity contribution in [2.45, 2.75) is 18.6 Å². The summed E-state index contributed by atoms with van der Waals surface area (Å²) < 4.78 is 24.0. The SMILES string of the molecule is O=C(N[C@@H]1CS(=O)(=O)C[C@@H]1[NH2+]Cc1ccccc1)c1ccccc1. The van der Waals surface area contributed by atoms with E-state index in [2.05, 4.69) is 5.32 Å². The summed E-state index contributed by atoms with van der Waals surface area (Å²) in [6.45, 7) is 0.693. The second-order valence-corrected chi connectivity index (χ2v) is 8.27. The highest BCUT2D eigenvalue weighted by Crippen LogP contribution is 2.11. The quantitative estimate of drug-likeness (QED) is 0.820. The molecule has 2 aromatic rings. The number of sulfone groups is 1. The molecule has 2 atom stereocenters. The van der Waals surface area contributed by atoms with E-state index in [1.54, 1.807) is 24.3 Å². The molecular weight excluding hydrogens is 324 g/mol. The van der Waals surface area contributed by atoms with Crippen molar-refractivity contribution in [3.8, 4) is 0 Å². The lowest BCUT2D eigenvalue weighted by Crippen LogP contribution is -2.92. The van der Waals surface area contributed by atoms with Crippen LogP contribution in [0.15, 0.2) is 60.7 Å². The number of nitrogens with one attached hydrogen (secondary N) is 1. The van der Waals surface area contributed by atoms with Gasteiger partial charge in [-0.25, -0.2) is 8.42 Å². The number of rotatable bonds is 5. The van der Waals surface area contributed by atoms with Gasteiger partial charge in [0.25, 0.3) is 5.91 Å². The van der Waals surface area contributed by atoms with Gasteiger partial charge >= 0.3 is 0 Å². The van der Waals surface area contributed by atoms with Gasteiger partial charge in [-0.15, -0.1) is 0 Å². The second-order valence-electron chi connectivity index (χ2n) is 6.11. The lowest BCUT2D eigenvalue weighted by molar-refractivity contribution is -0.701. The fraction of sp³-hybridized carbons (Fsp3) is 0.278. The molecular formula is C18H21N2O3S+. The first-order chi connectivity index (χ1) is 11.5. The summed E-state index contributed by atoms with van der Waals surface area (Å²) in [7, 11) is -3.12. The van der Waals surface area contributed by atoms with Crippen molar-refractivity contribution in [3.05, 3.63) is 71.8 Å². The van der Waals surface area contributed by atoms with Crippen molar-refractivity contribution < 1.29 is 18.5 Å². The van der Waals surface area contributed by atoms with Gasteiger partial charge in [-0.3, -0.25) is 4.79 Å². The van der Waals surface area contributed by atoms with Crippen molar-refractivity contribution in [2.24, 2.45) is 0 Å². The Bertz CT molecular complexity index is 792. The number of hydrogen-bond acceptors (Lipinski definition) is 3. The van der Waals surface area contributed by atoms with Crippen molar-refractivity contribution in [1.82, 2.24) is 5.32 Å². The molecule has 126 valence electrons. The molecule has 0 saturated carbocycles. The van der Waals surface area contributed by atoms with Gasteiger partial charge in [-0.05, 0) is 12.1 Å². The van der Waals surface area contributed by atoms with Gasteiger partial charge in [0.1, 0.15) is 18.3 Å². The summed E-state index contributed by atoms with van der Waals surface area (Å²) in [5.74, 6) is -0.128. The van der Waals surface area contributed by atoms with E-state index in [-0.39, 0.29) is 29.5 Å². The van der Waals surface area contributed by atoms with Gasteiger partial charge < -0.3 is 10.6 Å². The third kappa shape index (κ3) is 4.21. The smallest absolute Gasteiger partial charge is 0.251 e. The largest absolute Gasteiger partial charge is 0.342 e. The van der Waals surface area contributed by atoms with E-state index in [9.17, 15) is 13.2 Å². The highest BCUT2D eigenvalue weighted by molar-refractivity contribution is 7.91. The Labute approximate surface area is 142 Å². The van der Waals surface area contributed by atoms with Gasteiger partial charge in [-0.2, -0.15) is 0 Å². The summed E-state index contributed by atoms with van der Waals surface area (Å²) >= 11 is 0. The van der Waals surface area contributed by atoms with Crippen LogP contribution in [0.4, 0.5) is 0 Å². The number of hydrogen-bond donors (Lipinski definition) is 2. The molecule has 3 N–H and O–H groups in total. The van der Waals surface area contributed by atoms with E-state index in [4.69, 9.17) is 0 Å². The first-order valence-electron chi connectivity index (χ1n) is 7.97. The lowest BCUT2D eigenvalue weighted by atomic mass is 10.1. The molecule has 1 heterocycles. The molecule has 24 heavy (non-hydrogen) atoms. The van der Waals surface area contributed by atoms with Gasteiger partial charge in [0.05, 0.1) is 11.8 Å². The van der Waals surface area contributed by atoms with E-state index in [1.807, 2.05) is 41.7 Å². The van der Waals surface area contributed by atoms with Gasteiger partial charge in [0.2, 0.25) is 0 Å². The first-order valence-corrected chi connectivity index (χ1v) is 9.79. The fourth-order valence-corrected chi connectivity index (χ4v) is 4.97. The van der Waals surface area contributed by atoms with E-state index >= 15 is 0 Å². The maximum absolute atomic E-state index is 12.3. The van der Waals surface area contributed by atoms with Crippen LogP contribution in [0.25, 0.3) is 0 Å². The maximum atomic E-state index is 12.3. The van der Waals surface area contributed by atoms with Gasteiger partial charge in [0.15, 0.2) is 9.84 Å². The Morgan fingerprint density at radius 1 is 1.00 bits per heavy atom. The molecule has 1 aliphatic heterocycles. The third-order valence-electron chi connectivity index (χ3n) is 4.25. The van der Waals surface area contributed by atoms with Crippen molar-refractivity contribution in [1.29, 1.82) is 0 Å². The van der Waals surface area contributed by atoms with Crippen LogP contribution in [0.2, 0.25) is 0 Å². The van der Waals surface area contributed by atoms with Crippen molar-refractivity contribution >= 4 is 15.7 Å². The molecule has 1 amide bonds. The van der Waals surface area contributed by atoms with Crippen molar-refractivity contribution in [2.75, 3.05) is 11.5 Å². The molecule has 0 aromatic heterocycles. The monoisotopic (exact) mass is 345 g/mol. The predicted molar refractivity (Wildman–Crippen MR) is 92.2 cm³/mol. The van der Waals surface area contributed by atoms with Crippen LogP contribution in [0.3, 0.4) is 0 Å².